The number of rotatable bonds is 9. The van der Waals surface area contributed by atoms with Crippen LogP contribution < -0.4 is 10.1 Å². The zero-order valence-electron chi connectivity index (χ0n) is 16.6. The minimum absolute atomic E-state index is 0.0738. The second-order valence-electron chi connectivity index (χ2n) is 6.40. The molecular formula is C21H22BrCl3N2O3. The lowest BCUT2D eigenvalue weighted by Gasteiger charge is -2.31. The summed E-state index contributed by atoms with van der Waals surface area (Å²) in [6, 6.07) is 9.50. The normalized spacial score (nSPS) is 11.7. The van der Waals surface area contributed by atoms with Gasteiger partial charge in [-0.1, -0.05) is 63.7 Å². The summed E-state index contributed by atoms with van der Waals surface area (Å²) in [5, 5.41) is 3.98. The van der Waals surface area contributed by atoms with E-state index in [-0.39, 0.29) is 25.0 Å². The van der Waals surface area contributed by atoms with E-state index in [4.69, 9.17) is 39.5 Å². The highest BCUT2D eigenvalue weighted by Gasteiger charge is 2.29. The number of amides is 2. The molecule has 0 spiro atoms. The van der Waals surface area contributed by atoms with E-state index >= 15 is 0 Å². The summed E-state index contributed by atoms with van der Waals surface area (Å²) in [4.78, 5) is 27.2. The maximum absolute atomic E-state index is 13.1. The Morgan fingerprint density at radius 3 is 2.33 bits per heavy atom. The first kappa shape index (κ1) is 24.8. The second-order valence-corrected chi connectivity index (χ2v) is 8.54. The van der Waals surface area contributed by atoms with E-state index in [2.05, 4.69) is 21.2 Å². The van der Waals surface area contributed by atoms with Gasteiger partial charge in [-0.3, -0.25) is 9.59 Å². The van der Waals surface area contributed by atoms with Crippen LogP contribution in [0.15, 0.2) is 40.9 Å². The fourth-order valence-corrected chi connectivity index (χ4v) is 4.12. The molecule has 1 N–H and O–H groups in total. The van der Waals surface area contributed by atoms with Crippen molar-refractivity contribution in [2.45, 2.75) is 32.9 Å². The Morgan fingerprint density at radius 2 is 1.77 bits per heavy atom. The first-order valence-corrected chi connectivity index (χ1v) is 11.3. The first-order valence-electron chi connectivity index (χ1n) is 9.36. The highest BCUT2D eigenvalue weighted by atomic mass is 79.9. The highest BCUT2D eigenvalue weighted by Crippen LogP contribution is 2.29. The smallest absolute Gasteiger partial charge is 0.261 e. The topological polar surface area (TPSA) is 58.6 Å². The van der Waals surface area contributed by atoms with Gasteiger partial charge in [-0.25, -0.2) is 0 Å². The molecule has 5 nitrogen and oxygen atoms in total. The third-order valence-corrected chi connectivity index (χ3v) is 5.87. The molecule has 2 rings (SSSR count). The number of hydrogen-bond acceptors (Lipinski definition) is 3. The van der Waals surface area contributed by atoms with Crippen LogP contribution in [0, 0.1) is 0 Å². The Kier molecular flexibility index (Phi) is 9.75. The molecule has 0 aliphatic heterocycles. The molecule has 162 valence electrons. The third kappa shape index (κ3) is 6.51. The van der Waals surface area contributed by atoms with Gasteiger partial charge in [0, 0.05) is 33.2 Å². The lowest BCUT2D eigenvalue weighted by atomic mass is 10.1. The summed E-state index contributed by atoms with van der Waals surface area (Å²) in [5.41, 5.74) is 0.568. The van der Waals surface area contributed by atoms with E-state index in [1.165, 1.54) is 4.90 Å². The molecule has 9 heteroatoms. The van der Waals surface area contributed by atoms with Gasteiger partial charge in [-0.2, -0.15) is 0 Å². The molecule has 0 aromatic heterocycles. The van der Waals surface area contributed by atoms with E-state index < -0.39 is 6.04 Å². The number of benzene rings is 2. The molecule has 2 aromatic carbocycles. The van der Waals surface area contributed by atoms with Crippen molar-refractivity contribution < 1.29 is 14.3 Å². The van der Waals surface area contributed by atoms with Gasteiger partial charge in [-0.05, 0) is 43.7 Å². The highest BCUT2D eigenvalue weighted by molar-refractivity contribution is 9.10. The molecule has 0 radical (unpaired) electrons. The maximum Gasteiger partial charge on any atom is 0.261 e. The average molecular weight is 537 g/mol. The fraction of sp³-hybridized carbons (Fsp3) is 0.333. The molecule has 1 atom stereocenters. The predicted octanol–water partition coefficient (Wildman–Crippen LogP) is 5.73. The summed E-state index contributed by atoms with van der Waals surface area (Å²) < 4.78 is 6.42. The average Bonchev–Trinajstić information content (AvgIpc) is 2.69. The van der Waals surface area contributed by atoms with Gasteiger partial charge >= 0.3 is 0 Å². The van der Waals surface area contributed by atoms with Crippen LogP contribution >= 0.6 is 50.7 Å². The Bertz CT molecular complexity index is 891. The molecule has 0 aliphatic carbocycles. The van der Waals surface area contributed by atoms with Crippen molar-refractivity contribution in [3.63, 3.8) is 0 Å². The van der Waals surface area contributed by atoms with Gasteiger partial charge in [0.2, 0.25) is 5.91 Å². The summed E-state index contributed by atoms with van der Waals surface area (Å²) >= 11 is 22.1. The Balaban J connectivity index is 2.28. The number of hydrogen-bond donors (Lipinski definition) is 1. The largest absolute Gasteiger partial charge is 0.482 e. The number of likely N-dealkylation sites (N-methyl/N-ethyl adjacent to an activating group) is 1. The molecular weight excluding hydrogens is 515 g/mol. The lowest BCUT2D eigenvalue weighted by Crippen LogP contribution is -2.50. The second kappa shape index (κ2) is 11.8. The van der Waals surface area contributed by atoms with Crippen molar-refractivity contribution in [2.24, 2.45) is 0 Å². The van der Waals surface area contributed by atoms with Crippen molar-refractivity contribution in [3.8, 4) is 5.75 Å². The van der Waals surface area contributed by atoms with Gasteiger partial charge in [0.15, 0.2) is 6.61 Å². The van der Waals surface area contributed by atoms with Crippen LogP contribution in [0.2, 0.25) is 15.1 Å². The van der Waals surface area contributed by atoms with Crippen LogP contribution in [0.3, 0.4) is 0 Å². The van der Waals surface area contributed by atoms with E-state index in [0.29, 0.717) is 39.3 Å². The predicted molar refractivity (Wildman–Crippen MR) is 124 cm³/mol. The van der Waals surface area contributed by atoms with Crippen molar-refractivity contribution in [3.05, 3.63) is 61.5 Å². The Morgan fingerprint density at radius 1 is 1.10 bits per heavy atom. The molecule has 2 aromatic rings. The van der Waals surface area contributed by atoms with E-state index in [9.17, 15) is 9.59 Å². The van der Waals surface area contributed by atoms with Gasteiger partial charge in [0.1, 0.15) is 11.8 Å². The Hall–Kier alpha value is -1.47. The molecule has 2 amide bonds. The number of nitrogens with one attached hydrogen (secondary N) is 1. The zero-order chi connectivity index (χ0) is 22.3. The third-order valence-electron chi connectivity index (χ3n) is 4.37. The summed E-state index contributed by atoms with van der Waals surface area (Å²) in [7, 11) is 0. The van der Waals surface area contributed by atoms with E-state index in [1.807, 2.05) is 13.8 Å². The van der Waals surface area contributed by atoms with Crippen molar-refractivity contribution in [1.82, 2.24) is 10.2 Å². The number of carbonyl (C=O) groups excluding carboxylic acids is 2. The van der Waals surface area contributed by atoms with Crippen molar-refractivity contribution >= 4 is 62.5 Å². The maximum atomic E-state index is 13.1. The van der Waals surface area contributed by atoms with Crippen LogP contribution in [-0.4, -0.2) is 35.9 Å². The number of nitrogens with zero attached hydrogens (tertiary/aromatic N) is 1. The van der Waals surface area contributed by atoms with Crippen LogP contribution in [0.5, 0.6) is 5.75 Å². The minimum atomic E-state index is -0.700. The van der Waals surface area contributed by atoms with Gasteiger partial charge in [0.25, 0.3) is 5.91 Å². The minimum Gasteiger partial charge on any atom is -0.482 e. The molecule has 0 bridgehead atoms. The zero-order valence-corrected chi connectivity index (χ0v) is 20.4. The van der Waals surface area contributed by atoms with Crippen LogP contribution in [0.4, 0.5) is 0 Å². The quantitative estimate of drug-likeness (QED) is 0.445. The van der Waals surface area contributed by atoms with Crippen molar-refractivity contribution in [1.29, 1.82) is 0 Å². The summed E-state index contributed by atoms with van der Waals surface area (Å²) in [6.45, 7) is 3.89. The molecule has 0 heterocycles. The van der Waals surface area contributed by atoms with E-state index in [1.54, 1.807) is 36.4 Å². The van der Waals surface area contributed by atoms with Crippen LogP contribution in [0.25, 0.3) is 0 Å². The number of halogens is 4. The molecule has 30 heavy (non-hydrogen) atoms. The fourth-order valence-electron chi connectivity index (χ4n) is 2.88. The number of ether oxygens (including phenoxy) is 1. The summed E-state index contributed by atoms with van der Waals surface area (Å²) in [5.74, 6) is -0.267. The molecule has 0 saturated heterocycles. The molecule has 0 unspecified atom stereocenters. The standard InChI is InChI=1S/C21H22BrCl3N2O3/c1-3-18(21(29)26-4-2)27(11-14-15(23)6-5-7-16(14)24)20(28)12-30-19-9-8-13(22)10-17(19)25/h5-10,18H,3-4,11-12H2,1-2H3,(H,26,29)/t18-/m0/s1. The summed E-state index contributed by atoms with van der Waals surface area (Å²) in [6.07, 6.45) is 0.415. The molecule has 0 aliphatic rings. The van der Waals surface area contributed by atoms with Gasteiger partial charge in [-0.15, -0.1) is 0 Å². The Labute approximate surface area is 199 Å². The van der Waals surface area contributed by atoms with Crippen LogP contribution in [0.1, 0.15) is 25.8 Å². The van der Waals surface area contributed by atoms with Crippen LogP contribution in [-0.2, 0) is 16.1 Å². The van der Waals surface area contributed by atoms with Gasteiger partial charge in [0.05, 0.1) is 5.02 Å². The lowest BCUT2D eigenvalue weighted by molar-refractivity contribution is -0.142. The SMILES string of the molecule is CCNC(=O)[C@H](CC)N(Cc1c(Cl)cccc1Cl)C(=O)COc1ccc(Br)cc1Cl. The first-order chi connectivity index (χ1) is 14.3. The number of carbonyl (C=O) groups is 2. The molecule has 0 saturated carbocycles. The van der Waals surface area contributed by atoms with Crippen molar-refractivity contribution in [2.75, 3.05) is 13.2 Å². The molecule has 0 fully saturated rings. The monoisotopic (exact) mass is 534 g/mol. The van der Waals surface area contributed by atoms with E-state index in [0.717, 1.165) is 4.47 Å². The van der Waals surface area contributed by atoms with Gasteiger partial charge < -0.3 is 15.0 Å².